The molecule has 1 saturated carbocycles. The van der Waals surface area contributed by atoms with Gasteiger partial charge in [-0.1, -0.05) is 28.8 Å². The van der Waals surface area contributed by atoms with Gasteiger partial charge < -0.3 is 20.4 Å². The zero-order chi connectivity index (χ0) is 18.5. The Morgan fingerprint density at radius 3 is 2.46 bits per heavy atom. The molecule has 0 unspecified atom stereocenters. The number of benzene rings is 1. The fourth-order valence-electron chi connectivity index (χ4n) is 3.30. The first kappa shape index (κ1) is 18.7. The van der Waals surface area contributed by atoms with Crippen molar-refractivity contribution in [3.05, 3.63) is 28.7 Å². The molecule has 2 N–H and O–H groups in total. The van der Waals surface area contributed by atoms with Gasteiger partial charge in [-0.05, 0) is 37.1 Å². The molecule has 8 heteroatoms. The number of anilines is 1. The Bertz CT molecular complexity index is 674. The third-order valence-corrected chi connectivity index (χ3v) is 5.28. The summed E-state index contributed by atoms with van der Waals surface area (Å²) in [6.45, 7) is 0.825. The summed E-state index contributed by atoms with van der Waals surface area (Å²) in [5.41, 5.74) is 0.670. The number of hydrogen-bond acceptors (Lipinski definition) is 3. The SMILES string of the molecule is O=C(CN1CCN(C(=O)Nc2ccc(Br)cc2)CC1=O)NC1CCCC1. The Morgan fingerprint density at radius 2 is 1.81 bits per heavy atom. The Morgan fingerprint density at radius 1 is 1.12 bits per heavy atom. The summed E-state index contributed by atoms with van der Waals surface area (Å²) in [4.78, 5) is 39.7. The average Bonchev–Trinajstić information content (AvgIpc) is 3.11. The van der Waals surface area contributed by atoms with Crippen molar-refractivity contribution >= 4 is 39.5 Å². The zero-order valence-electron chi connectivity index (χ0n) is 14.5. The van der Waals surface area contributed by atoms with E-state index in [1.807, 2.05) is 12.1 Å². The Hall–Kier alpha value is -2.09. The van der Waals surface area contributed by atoms with E-state index in [2.05, 4.69) is 26.6 Å². The van der Waals surface area contributed by atoms with E-state index in [0.29, 0.717) is 18.8 Å². The first-order valence-electron chi connectivity index (χ1n) is 8.90. The molecule has 2 fully saturated rings. The Balaban J connectivity index is 1.46. The first-order valence-corrected chi connectivity index (χ1v) is 9.69. The van der Waals surface area contributed by atoms with Gasteiger partial charge >= 0.3 is 6.03 Å². The maximum absolute atomic E-state index is 12.3. The molecule has 1 saturated heterocycles. The van der Waals surface area contributed by atoms with Gasteiger partial charge in [-0.3, -0.25) is 9.59 Å². The van der Waals surface area contributed by atoms with Crippen LogP contribution in [0.3, 0.4) is 0 Å². The monoisotopic (exact) mass is 422 g/mol. The number of amides is 4. The van der Waals surface area contributed by atoms with Gasteiger partial charge in [-0.2, -0.15) is 0 Å². The number of piperazine rings is 1. The van der Waals surface area contributed by atoms with Crippen LogP contribution in [0.5, 0.6) is 0 Å². The molecule has 26 heavy (non-hydrogen) atoms. The summed E-state index contributed by atoms with van der Waals surface area (Å²) in [5, 5.41) is 5.77. The van der Waals surface area contributed by atoms with Gasteiger partial charge in [-0.15, -0.1) is 0 Å². The van der Waals surface area contributed by atoms with Crippen molar-refractivity contribution in [3.8, 4) is 0 Å². The Kier molecular flexibility index (Phi) is 6.13. The van der Waals surface area contributed by atoms with Crippen LogP contribution in [0.1, 0.15) is 25.7 Å². The van der Waals surface area contributed by atoms with Crippen LogP contribution in [0.4, 0.5) is 10.5 Å². The quantitative estimate of drug-likeness (QED) is 0.779. The predicted molar refractivity (Wildman–Crippen MR) is 102 cm³/mol. The van der Waals surface area contributed by atoms with Crippen LogP contribution in [-0.2, 0) is 9.59 Å². The summed E-state index contributed by atoms with van der Waals surface area (Å²) in [5.74, 6) is -0.318. The smallest absolute Gasteiger partial charge is 0.322 e. The second-order valence-corrected chi connectivity index (χ2v) is 7.64. The summed E-state index contributed by atoms with van der Waals surface area (Å²) in [6.07, 6.45) is 4.33. The molecule has 1 aliphatic heterocycles. The van der Waals surface area contributed by atoms with Crippen molar-refractivity contribution in [1.29, 1.82) is 0 Å². The van der Waals surface area contributed by atoms with Gasteiger partial charge in [0.05, 0.1) is 6.54 Å². The number of rotatable bonds is 4. The molecule has 2 aliphatic rings. The van der Waals surface area contributed by atoms with E-state index in [1.54, 1.807) is 12.1 Å². The molecule has 140 valence electrons. The molecule has 4 amide bonds. The van der Waals surface area contributed by atoms with Crippen LogP contribution in [-0.4, -0.2) is 59.9 Å². The fraction of sp³-hybridized carbons (Fsp3) is 0.500. The fourth-order valence-corrected chi connectivity index (χ4v) is 3.57. The molecular weight excluding hydrogens is 400 g/mol. The van der Waals surface area contributed by atoms with Crippen LogP contribution in [0.15, 0.2) is 28.7 Å². The second kappa shape index (κ2) is 8.53. The first-order chi connectivity index (χ1) is 12.5. The van der Waals surface area contributed by atoms with Gasteiger partial charge in [0, 0.05) is 29.3 Å². The topological polar surface area (TPSA) is 81.8 Å². The largest absolute Gasteiger partial charge is 0.352 e. The molecule has 1 aromatic carbocycles. The number of carbonyl (C=O) groups is 3. The number of halogens is 1. The van der Waals surface area contributed by atoms with Crippen molar-refractivity contribution in [3.63, 3.8) is 0 Å². The van der Waals surface area contributed by atoms with Gasteiger partial charge in [0.2, 0.25) is 11.8 Å². The summed E-state index contributed by atoms with van der Waals surface area (Å²) < 4.78 is 0.926. The molecular formula is C18H23BrN4O3. The lowest BCUT2D eigenvalue weighted by molar-refractivity contribution is -0.139. The van der Waals surface area contributed by atoms with Crippen molar-refractivity contribution in [2.75, 3.05) is 31.5 Å². The maximum atomic E-state index is 12.3. The minimum Gasteiger partial charge on any atom is -0.352 e. The molecule has 0 bridgehead atoms. The minimum atomic E-state index is -0.310. The van der Waals surface area contributed by atoms with Gasteiger partial charge in [0.15, 0.2) is 0 Å². The van der Waals surface area contributed by atoms with Crippen molar-refractivity contribution in [2.24, 2.45) is 0 Å². The van der Waals surface area contributed by atoms with Gasteiger partial charge in [0.1, 0.15) is 6.54 Å². The van der Waals surface area contributed by atoms with Crippen LogP contribution in [0, 0.1) is 0 Å². The van der Waals surface area contributed by atoms with E-state index in [4.69, 9.17) is 0 Å². The average molecular weight is 423 g/mol. The van der Waals surface area contributed by atoms with Crippen LogP contribution < -0.4 is 10.6 Å². The summed E-state index contributed by atoms with van der Waals surface area (Å²) in [6, 6.07) is 7.18. The highest BCUT2D eigenvalue weighted by Gasteiger charge is 2.29. The highest BCUT2D eigenvalue weighted by atomic mass is 79.9. The molecule has 7 nitrogen and oxygen atoms in total. The van der Waals surface area contributed by atoms with E-state index in [-0.39, 0.29) is 37.0 Å². The predicted octanol–water partition coefficient (Wildman–Crippen LogP) is 2.18. The number of nitrogens with zero attached hydrogens (tertiary/aromatic N) is 2. The number of nitrogens with one attached hydrogen (secondary N) is 2. The summed E-state index contributed by atoms with van der Waals surface area (Å²) >= 11 is 3.34. The van der Waals surface area contributed by atoms with Gasteiger partial charge in [0.25, 0.3) is 0 Å². The van der Waals surface area contributed by atoms with E-state index in [9.17, 15) is 14.4 Å². The highest BCUT2D eigenvalue weighted by Crippen LogP contribution is 2.18. The number of hydrogen-bond donors (Lipinski definition) is 2. The molecule has 0 spiro atoms. The standard InChI is InChI=1S/C18H23BrN4O3/c19-13-5-7-15(8-6-13)21-18(26)23-10-9-22(17(25)12-23)11-16(24)20-14-3-1-2-4-14/h5-8,14H,1-4,9-12H2,(H,20,24)(H,21,26). The van der Waals surface area contributed by atoms with Crippen LogP contribution in [0.2, 0.25) is 0 Å². The lowest BCUT2D eigenvalue weighted by atomic mass is 10.2. The van der Waals surface area contributed by atoms with E-state index < -0.39 is 0 Å². The third kappa shape index (κ3) is 4.97. The van der Waals surface area contributed by atoms with Crippen molar-refractivity contribution < 1.29 is 14.4 Å². The number of urea groups is 1. The second-order valence-electron chi connectivity index (χ2n) is 6.72. The van der Waals surface area contributed by atoms with Gasteiger partial charge in [-0.25, -0.2) is 4.79 Å². The normalized spacial score (nSPS) is 18.1. The van der Waals surface area contributed by atoms with Crippen molar-refractivity contribution in [2.45, 2.75) is 31.7 Å². The van der Waals surface area contributed by atoms with E-state index in [1.165, 1.54) is 9.80 Å². The molecule has 3 rings (SSSR count). The minimum absolute atomic E-state index is 0.0148. The van der Waals surface area contributed by atoms with Crippen LogP contribution >= 0.6 is 15.9 Å². The zero-order valence-corrected chi connectivity index (χ0v) is 16.1. The third-order valence-electron chi connectivity index (χ3n) is 4.76. The molecule has 1 aromatic rings. The molecule has 0 radical (unpaired) electrons. The lowest BCUT2D eigenvalue weighted by Crippen LogP contribution is -2.55. The Labute approximate surface area is 161 Å². The molecule has 1 aliphatic carbocycles. The van der Waals surface area contributed by atoms with Crippen molar-refractivity contribution in [1.82, 2.24) is 15.1 Å². The maximum Gasteiger partial charge on any atom is 0.322 e. The molecule has 0 atom stereocenters. The van der Waals surface area contributed by atoms with E-state index >= 15 is 0 Å². The lowest BCUT2D eigenvalue weighted by Gasteiger charge is -2.34. The highest BCUT2D eigenvalue weighted by molar-refractivity contribution is 9.10. The molecule has 1 heterocycles. The number of carbonyl (C=O) groups excluding carboxylic acids is 3. The van der Waals surface area contributed by atoms with E-state index in [0.717, 1.165) is 30.2 Å². The van der Waals surface area contributed by atoms with Crippen LogP contribution in [0.25, 0.3) is 0 Å². The molecule has 0 aromatic heterocycles. The summed E-state index contributed by atoms with van der Waals surface area (Å²) in [7, 11) is 0.